The van der Waals surface area contributed by atoms with Crippen LogP contribution in [0.4, 0.5) is 0 Å². The molecule has 20 heavy (non-hydrogen) atoms. The van der Waals surface area contributed by atoms with Crippen LogP contribution in [-0.4, -0.2) is 39.0 Å². The Hall–Kier alpha value is -1.17. The lowest BCUT2D eigenvalue weighted by Gasteiger charge is -2.15. The van der Waals surface area contributed by atoms with Crippen LogP contribution in [-0.2, 0) is 10.0 Å². The topological polar surface area (TPSA) is 49.4 Å². The molecule has 1 fully saturated rings. The highest BCUT2D eigenvalue weighted by atomic mass is 32.2. The van der Waals surface area contributed by atoms with Gasteiger partial charge in [0.05, 0.1) is 0 Å². The van der Waals surface area contributed by atoms with Gasteiger partial charge in [0, 0.05) is 24.5 Å². The lowest BCUT2D eigenvalue weighted by molar-refractivity contribution is 0.344. The Morgan fingerprint density at radius 1 is 1.30 bits per heavy atom. The Kier molecular flexibility index (Phi) is 4.96. The molecule has 2 atom stereocenters. The molecule has 0 saturated carbocycles. The van der Waals surface area contributed by atoms with Crippen LogP contribution in [0.15, 0.2) is 35.7 Å². The molecule has 0 unspecified atom stereocenters. The molecule has 0 amide bonds. The predicted octanol–water partition coefficient (Wildman–Crippen LogP) is 1.92. The fourth-order valence-electron chi connectivity index (χ4n) is 2.46. The van der Waals surface area contributed by atoms with E-state index in [4.69, 9.17) is 0 Å². The van der Waals surface area contributed by atoms with Crippen molar-refractivity contribution < 1.29 is 8.42 Å². The van der Waals surface area contributed by atoms with Crippen molar-refractivity contribution in [2.75, 3.05) is 19.6 Å². The summed E-state index contributed by atoms with van der Waals surface area (Å²) < 4.78 is 27.0. The van der Waals surface area contributed by atoms with Crippen LogP contribution >= 0.6 is 0 Å². The summed E-state index contributed by atoms with van der Waals surface area (Å²) in [7, 11) is -3.38. The highest BCUT2D eigenvalue weighted by Crippen LogP contribution is 2.17. The first kappa shape index (κ1) is 15.2. The van der Waals surface area contributed by atoms with Gasteiger partial charge in [-0.25, -0.2) is 13.1 Å². The molecular weight excluding hydrogens is 272 g/mol. The second kappa shape index (κ2) is 6.52. The summed E-state index contributed by atoms with van der Waals surface area (Å²) in [6.45, 7) is 6.88. The number of hydrogen-bond acceptors (Lipinski definition) is 3. The summed E-state index contributed by atoms with van der Waals surface area (Å²) in [5.41, 5.74) is 0.882. The molecule has 2 rings (SSSR count). The van der Waals surface area contributed by atoms with Crippen molar-refractivity contribution >= 4 is 16.1 Å². The van der Waals surface area contributed by atoms with Crippen molar-refractivity contribution in [3.63, 3.8) is 0 Å². The number of hydrogen-bond donors (Lipinski definition) is 1. The van der Waals surface area contributed by atoms with E-state index in [1.54, 1.807) is 6.08 Å². The summed E-state index contributed by atoms with van der Waals surface area (Å²) in [5, 5.41) is 1.25. The molecule has 1 N–H and O–H groups in total. The molecule has 0 aliphatic carbocycles. The van der Waals surface area contributed by atoms with Crippen LogP contribution in [0.1, 0.15) is 19.4 Å². The lowest BCUT2D eigenvalue weighted by atomic mass is 10.1. The van der Waals surface area contributed by atoms with Gasteiger partial charge in [-0.05, 0) is 24.1 Å². The van der Waals surface area contributed by atoms with Gasteiger partial charge >= 0.3 is 0 Å². The Morgan fingerprint density at radius 2 is 2.00 bits per heavy atom. The van der Waals surface area contributed by atoms with Crippen LogP contribution in [0.25, 0.3) is 6.08 Å². The molecule has 1 aliphatic heterocycles. The Morgan fingerprint density at radius 3 is 2.60 bits per heavy atom. The van der Waals surface area contributed by atoms with E-state index < -0.39 is 10.0 Å². The molecule has 0 aromatic heterocycles. The lowest BCUT2D eigenvalue weighted by Crippen LogP contribution is -2.38. The van der Waals surface area contributed by atoms with Crippen molar-refractivity contribution in [2.24, 2.45) is 5.92 Å². The fraction of sp³-hybridized carbons (Fsp3) is 0.467. The van der Waals surface area contributed by atoms with Gasteiger partial charge in [-0.2, -0.15) is 0 Å². The molecule has 110 valence electrons. The quantitative estimate of drug-likeness (QED) is 0.902. The van der Waals surface area contributed by atoms with Crippen LogP contribution in [0.2, 0.25) is 0 Å². The van der Waals surface area contributed by atoms with Gasteiger partial charge in [0.25, 0.3) is 0 Å². The molecule has 1 aromatic carbocycles. The smallest absolute Gasteiger partial charge is 0.234 e. The highest BCUT2D eigenvalue weighted by Gasteiger charge is 2.30. The van der Waals surface area contributed by atoms with Crippen molar-refractivity contribution in [2.45, 2.75) is 19.9 Å². The van der Waals surface area contributed by atoms with E-state index in [1.807, 2.05) is 30.3 Å². The third kappa shape index (κ3) is 4.16. The maximum absolute atomic E-state index is 12.1. The number of benzene rings is 1. The second-order valence-corrected chi connectivity index (χ2v) is 6.91. The van der Waals surface area contributed by atoms with Crippen molar-refractivity contribution in [1.82, 2.24) is 9.62 Å². The summed E-state index contributed by atoms with van der Waals surface area (Å²) in [6.07, 6.45) is 1.62. The zero-order valence-corrected chi connectivity index (χ0v) is 12.8. The van der Waals surface area contributed by atoms with Crippen LogP contribution in [0.3, 0.4) is 0 Å². The molecule has 0 bridgehead atoms. The van der Waals surface area contributed by atoms with Crippen molar-refractivity contribution in [3.05, 3.63) is 41.3 Å². The summed E-state index contributed by atoms with van der Waals surface area (Å²) in [5.74, 6) is 0.342. The summed E-state index contributed by atoms with van der Waals surface area (Å²) >= 11 is 0. The van der Waals surface area contributed by atoms with E-state index in [9.17, 15) is 8.42 Å². The molecule has 5 heteroatoms. The zero-order chi connectivity index (χ0) is 14.6. The minimum Gasteiger partial charge on any atom is -0.302 e. The molecule has 1 aliphatic rings. The van der Waals surface area contributed by atoms with Gasteiger partial charge in [0.2, 0.25) is 10.0 Å². The average Bonchev–Trinajstić information content (AvgIpc) is 2.78. The highest BCUT2D eigenvalue weighted by molar-refractivity contribution is 7.92. The van der Waals surface area contributed by atoms with Crippen LogP contribution in [0.5, 0.6) is 0 Å². The van der Waals surface area contributed by atoms with Crippen LogP contribution < -0.4 is 4.72 Å². The van der Waals surface area contributed by atoms with Gasteiger partial charge in [-0.1, -0.05) is 44.2 Å². The van der Waals surface area contributed by atoms with E-state index in [0.29, 0.717) is 5.92 Å². The van der Waals surface area contributed by atoms with E-state index >= 15 is 0 Å². The van der Waals surface area contributed by atoms with E-state index in [-0.39, 0.29) is 6.04 Å². The number of nitrogens with zero attached hydrogens (tertiary/aromatic N) is 1. The predicted molar refractivity (Wildman–Crippen MR) is 82.6 cm³/mol. The Balaban J connectivity index is 2.00. The minimum atomic E-state index is -3.38. The fourth-order valence-corrected chi connectivity index (χ4v) is 3.61. The van der Waals surface area contributed by atoms with Gasteiger partial charge in [0.1, 0.15) is 0 Å². The number of rotatable bonds is 5. The average molecular weight is 294 g/mol. The largest absolute Gasteiger partial charge is 0.302 e. The minimum absolute atomic E-state index is 0.000346. The number of sulfonamides is 1. The van der Waals surface area contributed by atoms with Crippen LogP contribution in [0, 0.1) is 5.92 Å². The molecule has 0 spiro atoms. The number of likely N-dealkylation sites (N-methyl/N-ethyl adjacent to an activating group) is 1. The van der Waals surface area contributed by atoms with Gasteiger partial charge in [-0.3, -0.25) is 0 Å². The van der Waals surface area contributed by atoms with Gasteiger partial charge in [-0.15, -0.1) is 0 Å². The number of nitrogens with one attached hydrogen (secondary N) is 1. The normalized spacial score (nSPS) is 24.5. The third-order valence-electron chi connectivity index (χ3n) is 3.69. The van der Waals surface area contributed by atoms with Crippen molar-refractivity contribution in [1.29, 1.82) is 0 Å². The molecule has 1 heterocycles. The standard InChI is InChI=1S/C15H22N2O2S/c1-3-17-11-13(2)15(12-17)16-20(18,19)10-9-14-7-5-4-6-8-14/h4-10,13,15-16H,3,11-12H2,1-2H3/b10-9+/t13-,15+/m0/s1. The van der Waals surface area contributed by atoms with E-state index in [0.717, 1.165) is 25.2 Å². The summed E-state index contributed by atoms with van der Waals surface area (Å²) in [4.78, 5) is 2.26. The Labute approximate surface area is 121 Å². The molecule has 0 radical (unpaired) electrons. The molecule has 1 saturated heterocycles. The molecular formula is C15H22N2O2S. The second-order valence-electron chi connectivity index (χ2n) is 5.31. The molecule has 1 aromatic rings. The maximum Gasteiger partial charge on any atom is 0.234 e. The number of likely N-dealkylation sites (tertiary alicyclic amines) is 1. The summed E-state index contributed by atoms with van der Waals surface area (Å²) in [6, 6.07) is 9.44. The van der Waals surface area contributed by atoms with E-state index in [1.165, 1.54) is 5.41 Å². The first-order valence-corrected chi connectivity index (χ1v) is 8.52. The van der Waals surface area contributed by atoms with E-state index in [2.05, 4.69) is 23.5 Å². The van der Waals surface area contributed by atoms with Crippen molar-refractivity contribution in [3.8, 4) is 0 Å². The maximum atomic E-state index is 12.1. The third-order valence-corrected chi connectivity index (χ3v) is 4.82. The first-order valence-electron chi connectivity index (χ1n) is 6.98. The van der Waals surface area contributed by atoms with Gasteiger partial charge < -0.3 is 4.90 Å². The Bertz CT molecular complexity index is 554. The SMILES string of the molecule is CCN1C[C@H](C)[C@H](NS(=O)(=O)/C=C/c2ccccc2)C1. The zero-order valence-electron chi connectivity index (χ0n) is 12.0. The monoisotopic (exact) mass is 294 g/mol. The molecule has 4 nitrogen and oxygen atoms in total. The van der Waals surface area contributed by atoms with Gasteiger partial charge in [0.15, 0.2) is 0 Å². The first-order chi connectivity index (χ1) is 9.50.